The summed E-state index contributed by atoms with van der Waals surface area (Å²) in [5, 5.41) is 4.40. The van der Waals surface area contributed by atoms with E-state index in [0.29, 0.717) is 5.89 Å². The van der Waals surface area contributed by atoms with Crippen LogP contribution in [0.3, 0.4) is 0 Å². The Kier molecular flexibility index (Phi) is 5.78. The van der Waals surface area contributed by atoms with Gasteiger partial charge in [-0.25, -0.2) is 4.98 Å². The maximum Gasteiger partial charge on any atom is 0.227 e. The molecule has 7 aromatic carbocycles. The number of aromatic nitrogens is 1. The van der Waals surface area contributed by atoms with Gasteiger partial charge in [-0.2, -0.15) is 0 Å². The van der Waals surface area contributed by atoms with Crippen LogP contribution in [0.25, 0.3) is 66.4 Å². The molecular weight excluding hydrogens is 552 g/mol. The Morgan fingerprint density at radius 3 is 1.93 bits per heavy atom. The van der Waals surface area contributed by atoms with Gasteiger partial charge in [0.2, 0.25) is 5.89 Å². The SMILES string of the molecule is c1ccc(-c2nc3ccc4oc5ccc(-c6ccc(N(c7ccccc7)c7ccc8ccccc8c7)cc6)cc5c4c3o2)cc1. The quantitative estimate of drug-likeness (QED) is 0.204. The highest BCUT2D eigenvalue weighted by Gasteiger charge is 2.18. The first-order valence-electron chi connectivity index (χ1n) is 15.0. The first-order valence-corrected chi connectivity index (χ1v) is 15.0. The summed E-state index contributed by atoms with van der Waals surface area (Å²) in [5.74, 6) is 0.605. The molecule has 0 fully saturated rings. The molecule has 0 spiro atoms. The van der Waals surface area contributed by atoms with E-state index in [-0.39, 0.29) is 0 Å². The van der Waals surface area contributed by atoms with Gasteiger partial charge in [0.1, 0.15) is 16.7 Å². The summed E-state index contributed by atoms with van der Waals surface area (Å²) in [6.45, 7) is 0. The molecule has 0 saturated carbocycles. The van der Waals surface area contributed by atoms with E-state index < -0.39 is 0 Å². The van der Waals surface area contributed by atoms with E-state index in [2.05, 4.69) is 114 Å². The monoisotopic (exact) mass is 578 g/mol. The molecule has 4 heteroatoms. The van der Waals surface area contributed by atoms with Crippen LogP contribution in [0, 0.1) is 0 Å². The molecule has 0 aliphatic carbocycles. The maximum absolute atomic E-state index is 6.36. The summed E-state index contributed by atoms with van der Waals surface area (Å²) in [4.78, 5) is 7.08. The number of fused-ring (bicyclic) bond motifs is 6. The highest BCUT2D eigenvalue weighted by atomic mass is 16.4. The average molecular weight is 579 g/mol. The maximum atomic E-state index is 6.36. The van der Waals surface area contributed by atoms with Crippen molar-refractivity contribution in [3.8, 4) is 22.6 Å². The van der Waals surface area contributed by atoms with Crippen LogP contribution in [0.4, 0.5) is 17.1 Å². The molecule has 0 unspecified atom stereocenters. The van der Waals surface area contributed by atoms with Crippen molar-refractivity contribution in [3.05, 3.63) is 158 Å². The van der Waals surface area contributed by atoms with Crippen molar-refractivity contribution in [2.24, 2.45) is 0 Å². The zero-order chi connectivity index (χ0) is 29.7. The molecule has 0 aliphatic rings. The molecule has 0 N–H and O–H groups in total. The van der Waals surface area contributed by atoms with Crippen LogP contribution in [0.15, 0.2) is 167 Å². The van der Waals surface area contributed by atoms with Crippen molar-refractivity contribution in [2.45, 2.75) is 0 Å². The fourth-order valence-corrected chi connectivity index (χ4v) is 6.27. The number of benzene rings is 7. The summed E-state index contributed by atoms with van der Waals surface area (Å²) in [6, 6.07) is 54.7. The van der Waals surface area contributed by atoms with E-state index in [1.54, 1.807) is 0 Å². The summed E-state index contributed by atoms with van der Waals surface area (Å²) in [7, 11) is 0. The zero-order valence-corrected chi connectivity index (χ0v) is 24.2. The lowest BCUT2D eigenvalue weighted by molar-refractivity contribution is 0.622. The van der Waals surface area contributed by atoms with E-state index in [1.165, 1.54) is 10.8 Å². The second-order valence-electron chi connectivity index (χ2n) is 11.2. The number of nitrogens with zero attached hydrogens (tertiary/aromatic N) is 2. The molecular formula is C41H26N2O2. The minimum absolute atomic E-state index is 0.605. The fraction of sp³-hybridized carbons (Fsp3) is 0. The van der Waals surface area contributed by atoms with Crippen LogP contribution in [-0.4, -0.2) is 4.98 Å². The Labute approximate surface area is 259 Å². The van der Waals surface area contributed by atoms with Gasteiger partial charge in [-0.15, -0.1) is 0 Å². The van der Waals surface area contributed by atoms with Crippen molar-refractivity contribution in [2.75, 3.05) is 4.90 Å². The van der Waals surface area contributed by atoms with Crippen molar-refractivity contribution in [3.63, 3.8) is 0 Å². The van der Waals surface area contributed by atoms with Crippen molar-refractivity contribution in [1.29, 1.82) is 0 Å². The summed E-state index contributed by atoms with van der Waals surface area (Å²) < 4.78 is 12.6. The molecule has 0 radical (unpaired) electrons. The third kappa shape index (κ3) is 4.35. The number of para-hydroxylation sites is 1. The molecule has 0 aliphatic heterocycles. The van der Waals surface area contributed by atoms with Crippen molar-refractivity contribution in [1.82, 2.24) is 4.98 Å². The molecule has 9 rings (SSSR count). The molecule has 9 aromatic rings. The second kappa shape index (κ2) is 10.2. The summed E-state index contributed by atoms with van der Waals surface area (Å²) in [6.07, 6.45) is 0. The standard InChI is InChI=1S/C41H26N2O2/c1-3-10-29(11-4-1)41-42-36-22-24-38-39(40(36)45-41)35-26-31(18-23-37(35)44-38)28-15-19-33(20-16-28)43(32-13-5-2-6-14-32)34-21-17-27-9-7-8-12-30(27)25-34/h1-26H. The van der Waals surface area contributed by atoms with E-state index in [4.69, 9.17) is 13.8 Å². The van der Waals surface area contributed by atoms with Gasteiger partial charge in [-0.3, -0.25) is 0 Å². The zero-order valence-electron chi connectivity index (χ0n) is 24.2. The lowest BCUT2D eigenvalue weighted by atomic mass is 10.0. The van der Waals surface area contributed by atoms with Gasteiger partial charge < -0.3 is 13.7 Å². The smallest absolute Gasteiger partial charge is 0.227 e. The number of hydrogen-bond donors (Lipinski definition) is 0. The number of oxazole rings is 1. The molecule has 0 amide bonds. The van der Waals surface area contributed by atoms with Crippen LogP contribution in [0.5, 0.6) is 0 Å². The highest BCUT2D eigenvalue weighted by molar-refractivity contribution is 6.17. The second-order valence-corrected chi connectivity index (χ2v) is 11.2. The predicted molar refractivity (Wildman–Crippen MR) is 184 cm³/mol. The molecule has 45 heavy (non-hydrogen) atoms. The molecule has 0 atom stereocenters. The van der Waals surface area contributed by atoms with E-state index in [1.807, 2.05) is 48.5 Å². The Balaban J connectivity index is 1.13. The normalized spacial score (nSPS) is 11.6. The first-order chi connectivity index (χ1) is 22.3. The molecule has 2 heterocycles. The number of furan rings is 1. The van der Waals surface area contributed by atoms with Crippen molar-refractivity contribution >= 4 is 60.9 Å². The van der Waals surface area contributed by atoms with Gasteiger partial charge >= 0.3 is 0 Å². The number of rotatable bonds is 5. The lowest BCUT2D eigenvalue weighted by Gasteiger charge is -2.26. The van der Waals surface area contributed by atoms with Gasteiger partial charge in [-0.1, -0.05) is 84.9 Å². The van der Waals surface area contributed by atoms with Crippen LogP contribution in [0.2, 0.25) is 0 Å². The van der Waals surface area contributed by atoms with Gasteiger partial charge in [-0.05, 0) is 94.7 Å². The van der Waals surface area contributed by atoms with E-state index in [9.17, 15) is 0 Å². The number of anilines is 3. The highest BCUT2D eigenvalue weighted by Crippen LogP contribution is 2.40. The Hall–Kier alpha value is -6.13. The Morgan fingerprint density at radius 1 is 0.444 bits per heavy atom. The largest absolute Gasteiger partial charge is 0.456 e. The third-order valence-corrected chi connectivity index (χ3v) is 8.47. The summed E-state index contributed by atoms with van der Waals surface area (Å²) >= 11 is 0. The molecule has 0 saturated heterocycles. The Morgan fingerprint density at radius 2 is 1.11 bits per heavy atom. The third-order valence-electron chi connectivity index (χ3n) is 8.47. The predicted octanol–water partition coefficient (Wildman–Crippen LogP) is 11.7. The average Bonchev–Trinajstić information content (AvgIpc) is 3.71. The van der Waals surface area contributed by atoms with Gasteiger partial charge in [0.15, 0.2) is 5.58 Å². The van der Waals surface area contributed by atoms with E-state index in [0.717, 1.165) is 66.8 Å². The van der Waals surface area contributed by atoms with Gasteiger partial charge in [0.25, 0.3) is 0 Å². The number of hydrogen-bond acceptors (Lipinski definition) is 4. The van der Waals surface area contributed by atoms with Crippen LogP contribution in [0.1, 0.15) is 0 Å². The minimum Gasteiger partial charge on any atom is -0.456 e. The minimum atomic E-state index is 0.605. The van der Waals surface area contributed by atoms with Gasteiger partial charge in [0.05, 0.1) is 5.39 Å². The van der Waals surface area contributed by atoms with E-state index >= 15 is 0 Å². The fourth-order valence-electron chi connectivity index (χ4n) is 6.27. The molecule has 0 bridgehead atoms. The molecule has 2 aromatic heterocycles. The van der Waals surface area contributed by atoms with Crippen molar-refractivity contribution < 1.29 is 8.83 Å². The summed E-state index contributed by atoms with van der Waals surface area (Å²) in [5.41, 5.74) is 9.65. The van der Waals surface area contributed by atoms with Gasteiger partial charge in [0, 0.05) is 28.0 Å². The van der Waals surface area contributed by atoms with Crippen LogP contribution >= 0.6 is 0 Å². The lowest BCUT2D eigenvalue weighted by Crippen LogP contribution is -2.09. The topological polar surface area (TPSA) is 42.4 Å². The molecule has 212 valence electrons. The Bertz CT molecular complexity index is 2480. The first kappa shape index (κ1) is 25.4. The van der Waals surface area contributed by atoms with Crippen LogP contribution < -0.4 is 4.90 Å². The molecule has 4 nitrogen and oxygen atoms in total. The van der Waals surface area contributed by atoms with Crippen LogP contribution in [-0.2, 0) is 0 Å².